The maximum atomic E-state index is 12.7. The number of carbonyl (C=O) groups is 2. The molecule has 1 fully saturated rings. The number of nitrogens with zero attached hydrogens (tertiary/aromatic N) is 1. The van der Waals surface area contributed by atoms with E-state index in [0.717, 1.165) is 11.3 Å². The van der Waals surface area contributed by atoms with Crippen molar-refractivity contribution < 1.29 is 9.59 Å². The maximum absolute atomic E-state index is 12.7. The predicted molar refractivity (Wildman–Crippen MR) is 78.6 cm³/mol. The van der Waals surface area contributed by atoms with E-state index < -0.39 is 12.1 Å². The average molecular weight is 286 g/mol. The number of amides is 2. The molecule has 0 bridgehead atoms. The number of hydrogen-bond acceptors (Lipinski definition) is 3. The van der Waals surface area contributed by atoms with E-state index >= 15 is 0 Å². The molecule has 4 nitrogen and oxygen atoms in total. The molecule has 0 aliphatic carbocycles. The van der Waals surface area contributed by atoms with Gasteiger partial charge in [0.1, 0.15) is 12.1 Å². The Hall–Kier alpha value is -2.14. The zero-order valence-corrected chi connectivity index (χ0v) is 11.8. The second kappa shape index (κ2) is 5.09. The van der Waals surface area contributed by atoms with Crippen LogP contribution in [0.15, 0.2) is 47.2 Å². The van der Waals surface area contributed by atoms with Crippen molar-refractivity contribution in [2.75, 3.05) is 4.90 Å². The molecule has 3 rings (SSSR count). The normalized spacial score (nSPS) is 22.8. The summed E-state index contributed by atoms with van der Waals surface area (Å²) in [6.07, 6.45) is 0. The molecule has 1 aliphatic rings. The van der Waals surface area contributed by atoms with E-state index in [0.29, 0.717) is 0 Å². The number of piperazine rings is 1. The van der Waals surface area contributed by atoms with E-state index in [1.807, 2.05) is 47.2 Å². The van der Waals surface area contributed by atoms with Gasteiger partial charge in [-0.05, 0) is 23.9 Å². The van der Waals surface area contributed by atoms with Crippen LogP contribution in [0.3, 0.4) is 0 Å². The van der Waals surface area contributed by atoms with Crippen molar-refractivity contribution in [1.29, 1.82) is 0 Å². The predicted octanol–water partition coefficient (Wildman–Crippen LogP) is 2.34. The van der Waals surface area contributed by atoms with E-state index in [2.05, 4.69) is 5.32 Å². The lowest BCUT2D eigenvalue weighted by Gasteiger charge is -2.36. The van der Waals surface area contributed by atoms with Gasteiger partial charge in [0, 0.05) is 5.38 Å². The Kier molecular flexibility index (Phi) is 3.28. The Morgan fingerprint density at radius 2 is 1.90 bits per heavy atom. The van der Waals surface area contributed by atoms with Gasteiger partial charge >= 0.3 is 0 Å². The zero-order valence-electron chi connectivity index (χ0n) is 10.9. The molecule has 20 heavy (non-hydrogen) atoms. The first-order valence-corrected chi connectivity index (χ1v) is 7.33. The summed E-state index contributed by atoms with van der Waals surface area (Å²) in [5.41, 5.74) is 1.58. The lowest BCUT2D eigenvalue weighted by Crippen LogP contribution is -2.58. The molecular formula is C15H14N2O2S. The van der Waals surface area contributed by atoms with Crippen molar-refractivity contribution in [3.8, 4) is 0 Å². The molecule has 2 atom stereocenters. The highest BCUT2D eigenvalue weighted by Crippen LogP contribution is 2.28. The fraction of sp³-hybridized carbons (Fsp3) is 0.200. The number of nitrogens with one attached hydrogen (secondary N) is 1. The smallest absolute Gasteiger partial charge is 0.254 e. The molecule has 5 heteroatoms. The van der Waals surface area contributed by atoms with Crippen LogP contribution in [0.4, 0.5) is 5.69 Å². The molecule has 2 amide bonds. The minimum Gasteiger partial charge on any atom is -0.339 e. The summed E-state index contributed by atoms with van der Waals surface area (Å²) in [7, 11) is 0. The topological polar surface area (TPSA) is 49.4 Å². The number of anilines is 1. The number of thiophene rings is 1. The molecule has 1 aliphatic heterocycles. The standard InChI is InChI=1S/C15H14N2O2S/c1-10-14(18)16-13(11-5-3-2-4-6-11)15(19)17(10)12-7-8-20-9-12/h2-10,13H,1H3,(H,16,18). The van der Waals surface area contributed by atoms with Gasteiger partial charge in [-0.1, -0.05) is 30.3 Å². The lowest BCUT2D eigenvalue weighted by atomic mass is 10.0. The van der Waals surface area contributed by atoms with Gasteiger partial charge in [0.05, 0.1) is 5.69 Å². The van der Waals surface area contributed by atoms with Crippen LogP contribution in [0.2, 0.25) is 0 Å². The van der Waals surface area contributed by atoms with Crippen molar-refractivity contribution in [3.05, 3.63) is 52.7 Å². The SMILES string of the molecule is CC1C(=O)NC(c2ccccc2)C(=O)N1c1ccsc1. The van der Waals surface area contributed by atoms with Crippen LogP contribution in [-0.4, -0.2) is 17.9 Å². The Morgan fingerprint density at radius 1 is 1.15 bits per heavy atom. The largest absolute Gasteiger partial charge is 0.339 e. The van der Waals surface area contributed by atoms with E-state index in [1.54, 1.807) is 11.8 Å². The van der Waals surface area contributed by atoms with Crippen LogP contribution >= 0.6 is 11.3 Å². The molecule has 1 N–H and O–H groups in total. The molecule has 102 valence electrons. The molecular weight excluding hydrogens is 272 g/mol. The van der Waals surface area contributed by atoms with Crippen LogP contribution in [0, 0.1) is 0 Å². The summed E-state index contributed by atoms with van der Waals surface area (Å²) in [6, 6.07) is 10.1. The quantitative estimate of drug-likeness (QED) is 0.921. The van der Waals surface area contributed by atoms with Gasteiger partial charge in [0.2, 0.25) is 5.91 Å². The summed E-state index contributed by atoms with van der Waals surface area (Å²) in [5.74, 6) is -0.230. The summed E-state index contributed by atoms with van der Waals surface area (Å²) >= 11 is 1.51. The highest BCUT2D eigenvalue weighted by Gasteiger charge is 2.39. The highest BCUT2D eigenvalue weighted by molar-refractivity contribution is 7.08. The number of carbonyl (C=O) groups excluding carboxylic acids is 2. The van der Waals surface area contributed by atoms with Crippen molar-refractivity contribution in [1.82, 2.24) is 5.32 Å². The maximum Gasteiger partial charge on any atom is 0.254 e. The zero-order chi connectivity index (χ0) is 14.1. The Morgan fingerprint density at radius 3 is 2.55 bits per heavy atom. The van der Waals surface area contributed by atoms with Crippen LogP contribution < -0.4 is 10.2 Å². The van der Waals surface area contributed by atoms with Crippen LogP contribution in [0.1, 0.15) is 18.5 Å². The number of hydrogen-bond donors (Lipinski definition) is 1. The third kappa shape index (κ3) is 2.10. The highest BCUT2D eigenvalue weighted by atomic mass is 32.1. The summed E-state index contributed by atoms with van der Waals surface area (Å²) in [5, 5.41) is 6.58. The molecule has 0 saturated carbocycles. The van der Waals surface area contributed by atoms with Gasteiger partial charge in [0.25, 0.3) is 5.91 Å². The second-order valence-electron chi connectivity index (χ2n) is 4.72. The molecule has 2 aromatic rings. The van der Waals surface area contributed by atoms with Crippen molar-refractivity contribution >= 4 is 28.8 Å². The average Bonchev–Trinajstić information content (AvgIpc) is 2.98. The van der Waals surface area contributed by atoms with E-state index in [-0.39, 0.29) is 11.8 Å². The van der Waals surface area contributed by atoms with E-state index in [1.165, 1.54) is 11.3 Å². The molecule has 2 unspecified atom stereocenters. The van der Waals surface area contributed by atoms with Gasteiger partial charge < -0.3 is 5.32 Å². The fourth-order valence-electron chi connectivity index (χ4n) is 2.39. The minimum atomic E-state index is -0.611. The van der Waals surface area contributed by atoms with Crippen molar-refractivity contribution in [2.24, 2.45) is 0 Å². The third-order valence-electron chi connectivity index (χ3n) is 3.45. The summed E-state index contributed by atoms with van der Waals surface area (Å²) < 4.78 is 0. The lowest BCUT2D eigenvalue weighted by molar-refractivity contribution is -0.133. The molecule has 1 aromatic carbocycles. The van der Waals surface area contributed by atoms with Gasteiger partial charge in [-0.3, -0.25) is 14.5 Å². The molecule has 2 heterocycles. The molecule has 0 radical (unpaired) electrons. The monoisotopic (exact) mass is 286 g/mol. The van der Waals surface area contributed by atoms with Crippen LogP contribution in [-0.2, 0) is 9.59 Å². The number of rotatable bonds is 2. The van der Waals surface area contributed by atoms with Gasteiger partial charge in [0.15, 0.2) is 0 Å². The Labute approximate surface area is 121 Å². The third-order valence-corrected chi connectivity index (χ3v) is 4.13. The number of benzene rings is 1. The molecule has 1 saturated heterocycles. The van der Waals surface area contributed by atoms with Gasteiger partial charge in [-0.25, -0.2) is 0 Å². The van der Waals surface area contributed by atoms with Crippen molar-refractivity contribution in [3.63, 3.8) is 0 Å². The molecule has 1 aromatic heterocycles. The van der Waals surface area contributed by atoms with Gasteiger partial charge in [-0.15, -0.1) is 0 Å². The van der Waals surface area contributed by atoms with Crippen LogP contribution in [0.5, 0.6) is 0 Å². The Balaban J connectivity index is 1.99. The Bertz CT molecular complexity index is 625. The summed E-state index contributed by atoms with van der Waals surface area (Å²) in [6.45, 7) is 1.74. The van der Waals surface area contributed by atoms with E-state index in [4.69, 9.17) is 0 Å². The second-order valence-corrected chi connectivity index (χ2v) is 5.50. The minimum absolute atomic E-state index is 0.0956. The molecule has 0 spiro atoms. The van der Waals surface area contributed by atoms with Gasteiger partial charge in [-0.2, -0.15) is 11.3 Å². The van der Waals surface area contributed by atoms with E-state index in [9.17, 15) is 9.59 Å². The summed E-state index contributed by atoms with van der Waals surface area (Å²) in [4.78, 5) is 26.4. The first-order chi connectivity index (χ1) is 9.68. The van der Waals surface area contributed by atoms with Crippen LogP contribution in [0.25, 0.3) is 0 Å². The van der Waals surface area contributed by atoms with Crippen molar-refractivity contribution in [2.45, 2.75) is 19.0 Å². The first-order valence-electron chi connectivity index (χ1n) is 6.39. The first kappa shape index (κ1) is 12.9. The fourth-order valence-corrected chi connectivity index (χ4v) is 3.02.